The monoisotopic (exact) mass is 163 g/mol. The molecule has 0 aliphatic rings. The molecule has 0 aliphatic carbocycles. The van der Waals surface area contributed by atoms with Crippen LogP contribution in [0.25, 0.3) is 0 Å². The Bertz CT molecular complexity index is 250. The van der Waals surface area contributed by atoms with Gasteiger partial charge in [-0.15, -0.1) is 0 Å². The van der Waals surface area contributed by atoms with Crippen molar-refractivity contribution in [2.75, 3.05) is 6.54 Å². The van der Waals surface area contributed by atoms with Crippen LogP contribution >= 0.6 is 0 Å². The smallest absolute Gasteiger partial charge is 0.0905 e. The fourth-order valence-corrected chi connectivity index (χ4v) is 0.893. The number of nitrogens with two attached hydrogens (primary N) is 1. The standard InChI is InChI=1S/C9H13N3/c1-8(10)11-7-5-9-4-2-3-6-12-9/h2-4,6H,5,7H2,1H3,(H2,10,11). The molecule has 0 amide bonds. The van der Waals surface area contributed by atoms with E-state index < -0.39 is 0 Å². The summed E-state index contributed by atoms with van der Waals surface area (Å²) in [7, 11) is 0. The number of amidine groups is 1. The molecular formula is C9H13N3. The lowest BCUT2D eigenvalue weighted by molar-refractivity contribution is 0.920. The predicted molar refractivity (Wildman–Crippen MR) is 50.1 cm³/mol. The largest absolute Gasteiger partial charge is 0.388 e. The first-order valence-electron chi connectivity index (χ1n) is 3.95. The van der Waals surface area contributed by atoms with Gasteiger partial charge >= 0.3 is 0 Å². The lowest BCUT2D eigenvalue weighted by Gasteiger charge is -1.95. The predicted octanol–water partition coefficient (Wildman–Crippen LogP) is 1.00. The Morgan fingerprint density at radius 2 is 2.42 bits per heavy atom. The Morgan fingerprint density at radius 1 is 1.58 bits per heavy atom. The highest BCUT2D eigenvalue weighted by Gasteiger charge is 1.90. The second kappa shape index (κ2) is 4.49. The number of hydrogen-bond donors (Lipinski definition) is 1. The molecule has 3 nitrogen and oxygen atoms in total. The summed E-state index contributed by atoms with van der Waals surface area (Å²) < 4.78 is 0. The molecule has 0 saturated heterocycles. The normalized spacial score (nSPS) is 11.6. The van der Waals surface area contributed by atoms with Crippen molar-refractivity contribution in [3.8, 4) is 0 Å². The molecule has 64 valence electrons. The molecule has 1 rings (SSSR count). The minimum atomic E-state index is 0.630. The number of pyridine rings is 1. The van der Waals surface area contributed by atoms with Gasteiger partial charge in [-0.05, 0) is 19.1 Å². The Morgan fingerprint density at radius 3 is 3.00 bits per heavy atom. The van der Waals surface area contributed by atoms with Crippen molar-refractivity contribution in [3.63, 3.8) is 0 Å². The van der Waals surface area contributed by atoms with E-state index in [4.69, 9.17) is 5.73 Å². The van der Waals surface area contributed by atoms with Gasteiger partial charge < -0.3 is 5.73 Å². The van der Waals surface area contributed by atoms with Crippen LogP contribution in [-0.4, -0.2) is 17.4 Å². The molecule has 1 aromatic rings. The molecule has 0 bridgehead atoms. The van der Waals surface area contributed by atoms with Crippen LogP contribution < -0.4 is 5.73 Å². The van der Waals surface area contributed by atoms with Crippen LogP contribution in [0.3, 0.4) is 0 Å². The van der Waals surface area contributed by atoms with Gasteiger partial charge in [0.2, 0.25) is 0 Å². The number of aliphatic imine (C=N–C) groups is 1. The van der Waals surface area contributed by atoms with Crippen LogP contribution in [0.1, 0.15) is 12.6 Å². The van der Waals surface area contributed by atoms with Crippen molar-refractivity contribution in [3.05, 3.63) is 30.1 Å². The van der Waals surface area contributed by atoms with Gasteiger partial charge in [0.25, 0.3) is 0 Å². The van der Waals surface area contributed by atoms with Gasteiger partial charge in [-0.1, -0.05) is 6.07 Å². The molecule has 3 heteroatoms. The zero-order chi connectivity index (χ0) is 8.81. The molecular weight excluding hydrogens is 150 g/mol. The summed E-state index contributed by atoms with van der Waals surface area (Å²) in [6.45, 7) is 2.51. The van der Waals surface area contributed by atoms with Gasteiger partial charge in [-0.25, -0.2) is 0 Å². The van der Waals surface area contributed by atoms with E-state index in [0.717, 1.165) is 18.7 Å². The van der Waals surface area contributed by atoms with E-state index in [1.54, 1.807) is 13.1 Å². The van der Waals surface area contributed by atoms with E-state index in [0.29, 0.717) is 5.84 Å². The second-order valence-corrected chi connectivity index (χ2v) is 2.59. The third-order valence-electron chi connectivity index (χ3n) is 1.46. The molecule has 0 spiro atoms. The first-order valence-corrected chi connectivity index (χ1v) is 3.95. The zero-order valence-corrected chi connectivity index (χ0v) is 7.20. The van der Waals surface area contributed by atoms with Crippen LogP contribution in [0, 0.1) is 0 Å². The highest BCUT2D eigenvalue weighted by atomic mass is 14.8. The maximum Gasteiger partial charge on any atom is 0.0905 e. The van der Waals surface area contributed by atoms with Crippen molar-refractivity contribution in [1.82, 2.24) is 4.98 Å². The Labute approximate surface area is 72.3 Å². The molecule has 1 aromatic heterocycles. The maximum absolute atomic E-state index is 5.39. The number of rotatable bonds is 3. The first kappa shape index (κ1) is 8.71. The highest BCUT2D eigenvalue weighted by molar-refractivity contribution is 5.77. The third-order valence-corrected chi connectivity index (χ3v) is 1.46. The molecule has 0 atom stereocenters. The Kier molecular flexibility index (Phi) is 3.26. The van der Waals surface area contributed by atoms with Crippen molar-refractivity contribution in [2.45, 2.75) is 13.3 Å². The number of nitrogens with zero attached hydrogens (tertiary/aromatic N) is 2. The average molecular weight is 163 g/mol. The van der Waals surface area contributed by atoms with Crippen molar-refractivity contribution in [1.29, 1.82) is 0 Å². The molecule has 0 aliphatic heterocycles. The van der Waals surface area contributed by atoms with Crippen molar-refractivity contribution >= 4 is 5.84 Å². The van der Waals surface area contributed by atoms with E-state index in [1.807, 2.05) is 18.2 Å². The van der Waals surface area contributed by atoms with Gasteiger partial charge in [0.15, 0.2) is 0 Å². The van der Waals surface area contributed by atoms with Crippen LogP contribution in [0.5, 0.6) is 0 Å². The van der Waals surface area contributed by atoms with E-state index >= 15 is 0 Å². The summed E-state index contributed by atoms with van der Waals surface area (Å²) in [5.74, 6) is 0.630. The summed E-state index contributed by atoms with van der Waals surface area (Å²) >= 11 is 0. The molecule has 0 radical (unpaired) electrons. The Hall–Kier alpha value is -1.38. The van der Waals surface area contributed by atoms with Gasteiger partial charge in [0.05, 0.1) is 5.84 Å². The van der Waals surface area contributed by atoms with Gasteiger partial charge in [-0.3, -0.25) is 9.98 Å². The first-order chi connectivity index (χ1) is 5.79. The van der Waals surface area contributed by atoms with Crippen LogP contribution in [-0.2, 0) is 6.42 Å². The summed E-state index contributed by atoms with van der Waals surface area (Å²) in [6, 6.07) is 5.86. The zero-order valence-electron chi connectivity index (χ0n) is 7.20. The second-order valence-electron chi connectivity index (χ2n) is 2.59. The van der Waals surface area contributed by atoms with Gasteiger partial charge in [0, 0.05) is 24.9 Å². The minimum Gasteiger partial charge on any atom is -0.388 e. The SMILES string of the molecule is CC(N)=NCCc1ccccn1. The van der Waals surface area contributed by atoms with Crippen molar-refractivity contribution in [2.24, 2.45) is 10.7 Å². The molecule has 0 fully saturated rings. The quantitative estimate of drug-likeness (QED) is 0.534. The minimum absolute atomic E-state index is 0.630. The number of aromatic nitrogens is 1. The van der Waals surface area contributed by atoms with E-state index in [-0.39, 0.29) is 0 Å². The lowest BCUT2D eigenvalue weighted by Crippen LogP contribution is -2.06. The maximum atomic E-state index is 5.39. The highest BCUT2D eigenvalue weighted by Crippen LogP contribution is 1.94. The van der Waals surface area contributed by atoms with Crippen LogP contribution in [0.2, 0.25) is 0 Å². The fourth-order valence-electron chi connectivity index (χ4n) is 0.893. The molecule has 0 aromatic carbocycles. The average Bonchev–Trinajstić information content (AvgIpc) is 2.05. The van der Waals surface area contributed by atoms with Crippen LogP contribution in [0.15, 0.2) is 29.4 Å². The fraction of sp³-hybridized carbons (Fsp3) is 0.333. The van der Waals surface area contributed by atoms with E-state index in [1.165, 1.54) is 0 Å². The van der Waals surface area contributed by atoms with E-state index in [9.17, 15) is 0 Å². The topological polar surface area (TPSA) is 51.3 Å². The third kappa shape index (κ3) is 3.14. The lowest BCUT2D eigenvalue weighted by atomic mass is 10.3. The van der Waals surface area contributed by atoms with Gasteiger partial charge in [0.1, 0.15) is 0 Å². The molecule has 12 heavy (non-hydrogen) atoms. The summed E-state index contributed by atoms with van der Waals surface area (Å²) in [6.07, 6.45) is 2.64. The molecule has 0 saturated carbocycles. The summed E-state index contributed by atoms with van der Waals surface area (Å²) in [5.41, 5.74) is 6.44. The molecule has 1 heterocycles. The molecule has 0 unspecified atom stereocenters. The Balaban J connectivity index is 2.39. The number of hydrogen-bond acceptors (Lipinski definition) is 2. The summed E-state index contributed by atoms with van der Waals surface area (Å²) in [4.78, 5) is 8.24. The van der Waals surface area contributed by atoms with Crippen molar-refractivity contribution < 1.29 is 0 Å². The van der Waals surface area contributed by atoms with E-state index in [2.05, 4.69) is 9.98 Å². The summed E-state index contributed by atoms with van der Waals surface area (Å²) in [5, 5.41) is 0. The van der Waals surface area contributed by atoms with Gasteiger partial charge in [-0.2, -0.15) is 0 Å². The van der Waals surface area contributed by atoms with Crippen LogP contribution in [0.4, 0.5) is 0 Å². The molecule has 2 N–H and O–H groups in total.